The van der Waals surface area contributed by atoms with Gasteiger partial charge in [0, 0.05) is 11.8 Å². The highest BCUT2D eigenvalue weighted by Gasteiger charge is 2.23. The standard InChI is InChI=1S/C24H22N2O3S/c1-30(27,28)23-5-3-2-4-20(23)18-10-13-21-22(14-18)26-24(25-21)15-29-19-11-8-17(9-12-19)16-6-7-16/h2-5,8-14,16H,6-7,15H2,1H3,(H,25,26). The Labute approximate surface area is 175 Å². The van der Waals surface area contributed by atoms with Crippen molar-refractivity contribution in [2.75, 3.05) is 6.26 Å². The summed E-state index contributed by atoms with van der Waals surface area (Å²) in [5, 5.41) is 0. The Morgan fingerprint density at radius 2 is 1.80 bits per heavy atom. The predicted octanol–water partition coefficient (Wildman–Crippen LogP) is 5.09. The number of hydrogen-bond acceptors (Lipinski definition) is 4. The van der Waals surface area contributed by atoms with E-state index in [0.717, 1.165) is 34.1 Å². The van der Waals surface area contributed by atoms with Crippen molar-refractivity contribution in [3.05, 3.63) is 78.1 Å². The van der Waals surface area contributed by atoms with E-state index in [1.54, 1.807) is 12.1 Å². The molecule has 1 aliphatic rings. The summed E-state index contributed by atoms with van der Waals surface area (Å²) in [6.07, 6.45) is 3.80. The molecule has 0 radical (unpaired) electrons. The third kappa shape index (κ3) is 3.83. The Hall–Kier alpha value is -3.12. The topological polar surface area (TPSA) is 72.0 Å². The molecule has 0 saturated heterocycles. The number of rotatable bonds is 6. The zero-order valence-corrected chi connectivity index (χ0v) is 17.4. The molecule has 6 heteroatoms. The number of aromatic amines is 1. The summed E-state index contributed by atoms with van der Waals surface area (Å²) in [6.45, 7) is 0.340. The van der Waals surface area contributed by atoms with Gasteiger partial charge in [0.2, 0.25) is 0 Å². The van der Waals surface area contributed by atoms with E-state index in [0.29, 0.717) is 17.1 Å². The molecule has 30 heavy (non-hydrogen) atoms. The molecular weight excluding hydrogens is 396 g/mol. The van der Waals surface area contributed by atoms with Gasteiger partial charge in [-0.1, -0.05) is 36.4 Å². The molecule has 1 saturated carbocycles. The lowest BCUT2D eigenvalue weighted by Crippen LogP contribution is -1.99. The number of aromatic nitrogens is 2. The quantitative estimate of drug-likeness (QED) is 0.473. The molecule has 5 rings (SSSR count). The van der Waals surface area contributed by atoms with Crippen LogP contribution in [0.4, 0.5) is 0 Å². The zero-order valence-electron chi connectivity index (χ0n) is 16.6. The fourth-order valence-electron chi connectivity index (χ4n) is 3.73. The van der Waals surface area contributed by atoms with Gasteiger partial charge in [0.15, 0.2) is 9.84 Å². The van der Waals surface area contributed by atoms with Gasteiger partial charge in [-0.3, -0.25) is 0 Å². The van der Waals surface area contributed by atoms with E-state index in [2.05, 4.69) is 22.1 Å². The van der Waals surface area contributed by atoms with E-state index in [1.807, 2.05) is 42.5 Å². The van der Waals surface area contributed by atoms with Crippen molar-refractivity contribution in [2.45, 2.75) is 30.3 Å². The van der Waals surface area contributed by atoms with Crippen LogP contribution in [0.25, 0.3) is 22.2 Å². The van der Waals surface area contributed by atoms with Crippen LogP contribution in [-0.2, 0) is 16.4 Å². The SMILES string of the molecule is CS(=O)(=O)c1ccccc1-c1ccc2[nH]c(COc3ccc(C4CC4)cc3)nc2c1. The highest BCUT2D eigenvalue weighted by Crippen LogP contribution is 2.40. The van der Waals surface area contributed by atoms with Crippen LogP contribution in [0.3, 0.4) is 0 Å². The Kier molecular flexibility index (Phi) is 4.59. The van der Waals surface area contributed by atoms with Gasteiger partial charge in [0.25, 0.3) is 0 Å². The maximum Gasteiger partial charge on any atom is 0.176 e. The van der Waals surface area contributed by atoms with Crippen LogP contribution in [0.15, 0.2) is 71.6 Å². The first-order valence-electron chi connectivity index (χ1n) is 9.98. The van der Waals surface area contributed by atoms with Crippen molar-refractivity contribution in [1.29, 1.82) is 0 Å². The minimum atomic E-state index is -3.32. The lowest BCUT2D eigenvalue weighted by Gasteiger charge is -2.07. The molecule has 5 nitrogen and oxygen atoms in total. The highest BCUT2D eigenvalue weighted by atomic mass is 32.2. The van der Waals surface area contributed by atoms with Crippen molar-refractivity contribution in [3.8, 4) is 16.9 Å². The first kappa shape index (κ1) is 18.9. The maximum absolute atomic E-state index is 12.1. The Morgan fingerprint density at radius 3 is 2.53 bits per heavy atom. The summed E-state index contributed by atoms with van der Waals surface area (Å²) in [7, 11) is -3.32. The van der Waals surface area contributed by atoms with Gasteiger partial charge in [-0.2, -0.15) is 0 Å². The zero-order chi connectivity index (χ0) is 20.7. The number of H-pyrrole nitrogens is 1. The fourth-order valence-corrected chi connectivity index (χ4v) is 4.64. The number of ether oxygens (including phenoxy) is 1. The summed E-state index contributed by atoms with van der Waals surface area (Å²) in [5.41, 5.74) is 4.54. The van der Waals surface area contributed by atoms with Crippen LogP contribution in [0.1, 0.15) is 30.1 Å². The number of nitrogens with one attached hydrogen (secondary N) is 1. The minimum Gasteiger partial charge on any atom is -0.486 e. The number of fused-ring (bicyclic) bond motifs is 1. The Morgan fingerprint density at radius 1 is 1.03 bits per heavy atom. The summed E-state index contributed by atoms with van der Waals surface area (Å²) in [5.74, 6) is 2.28. The first-order chi connectivity index (χ1) is 14.5. The lowest BCUT2D eigenvalue weighted by molar-refractivity contribution is 0.297. The minimum absolute atomic E-state index is 0.318. The number of hydrogen-bond donors (Lipinski definition) is 1. The van der Waals surface area contributed by atoms with Gasteiger partial charge in [0.1, 0.15) is 18.2 Å². The van der Waals surface area contributed by atoms with Crippen molar-refractivity contribution in [3.63, 3.8) is 0 Å². The van der Waals surface area contributed by atoms with E-state index in [9.17, 15) is 8.42 Å². The van der Waals surface area contributed by atoms with Crippen molar-refractivity contribution >= 4 is 20.9 Å². The smallest absolute Gasteiger partial charge is 0.176 e. The van der Waals surface area contributed by atoms with Crippen LogP contribution in [0.2, 0.25) is 0 Å². The lowest BCUT2D eigenvalue weighted by atomic mass is 10.1. The predicted molar refractivity (Wildman–Crippen MR) is 117 cm³/mol. The van der Waals surface area contributed by atoms with Crippen molar-refractivity contribution in [2.24, 2.45) is 0 Å². The van der Waals surface area contributed by atoms with E-state index < -0.39 is 9.84 Å². The number of nitrogens with zero attached hydrogens (tertiary/aromatic N) is 1. The molecule has 0 aliphatic heterocycles. The average molecular weight is 419 g/mol. The van der Waals surface area contributed by atoms with E-state index >= 15 is 0 Å². The Bertz CT molecular complexity index is 1320. The number of sulfone groups is 1. The van der Waals surface area contributed by atoms with Crippen LogP contribution in [0.5, 0.6) is 5.75 Å². The summed E-state index contributed by atoms with van der Waals surface area (Å²) >= 11 is 0. The average Bonchev–Trinajstić information content (AvgIpc) is 3.51. The van der Waals surface area contributed by atoms with Crippen LogP contribution >= 0.6 is 0 Å². The summed E-state index contributed by atoms with van der Waals surface area (Å²) in [4.78, 5) is 8.22. The summed E-state index contributed by atoms with van der Waals surface area (Å²) < 4.78 is 30.2. The molecule has 3 aromatic carbocycles. The molecule has 0 atom stereocenters. The number of benzene rings is 3. The van der Waals surface area contributed by atoms with E-state index in [-0.39, 0.29) is 0 Å². The molecule has 1 fully saturated rings. The Balaban J connectivity index is 1.38. The molecule has 1 aliphatic carbocycles. The van der Waals surface area contributed by atoms with E-state index in [4.69, 9.17) is 4.74 Å². The molecule has 0 bridgehead atoms. The normalized spacial score (nSPS) is 14.2. The molecular formula is C24H22N2O3S. The van der Waals surface area contributed by atoms with Gasteiger partial charge in [-0.15, -0.1) is 0 Å². The molecule has 152 valence electrons. The van der Waals surface area contributed by atoms with Crippen LogP contribution < -0.4 is 4.74 Å². The second-order valence-corrected chi connectivity index (χ2v) is 9.80. The van der Waals surface area contributed by atoms with Gasteiger partial charge in [0.05, 0.1) is 15.9 Å². The molecule has 0 amide bonds. The van der Waals surface area contributed by atoms with E-state index in [1.165, 1.54) is 24.7 Å². The molecule has 0 spiro atoms. The third-order valence-corrected chi connectivity index (χ3v) is 6.59. The third-order valence-electron chi connectivity index (χ3n) is 5.43. The number of imidazole rings is 1. The molecule has 1 heterocycles. The van der Waals surface area contributed by atoms with Gasteiger partial charge in [-0.25, -0.2) is 13.4 Å². The van der Waals surface area contributed by atoms with Crippen LogP contribution in [-0.4, -0.2) is 24.6 Å². The van der Waals surface area contributed by atoms with Gasteiger partial charge < -0.3 is 9.72 Å². The first-order valence-corrected chi connectivity index (χ1v) is 11.9. The molecule has 0 unspecified atom stereocenters. The maximum atomic E-state index is 12.1. The molecule has 4 aromatic rings. The largest absolute Gasteiger partial charge is 0.486 e. The molecule has 1 aromatic heterocycles. The van der Waals surface area contributed by atoms with Gasteiger partial charge in [-0.05, 0) is 60.2 Å². The monoisotopic (exact) mass is 418 g/mol. The fraction of sp³-hybridized carbons (Fsp3) is 0.208. The van der Waals surface area contributed by atoms with Crippen molar-refractivity contribution < 1.29 is 13.2 Å². The van der Waals surface area contributed by atoms with Crippen molar-refractivity contribution in [1.82, 2.24) is 9.97 Å². The highest BCUT2D eigenvalue weighted by molar-refractivity contribution is 7.90. The second-order valence-electron chi connectivity index (χ2n) is 7.82. The van der Waals surface area contributed by atoms with Gasteiger partial charge >= 0.3 is 0 Å². The van der Waals surface area contributed by atoms with Crippen LogP contribution in [0, 0.1) is 0 Å². The molecule has 1 N–H and O–H groups in total. The summed E-state index contributed by atoms with van der Waals surface area (Å²) in [6, 6.07) is 21.1. The second kappa shape index (κ2) is 7.29.